The maximum absolute atomic E-state index is 12.2. The van der Waals surface area contributed by atoms with Crippen molar-refractivity contribution in [3.8, 4) is 0 Å². The Morgan fingerprint density at radius 2 is 1.85 bits per heavy atom. The van der Waals surface area contributed by atoms with Crippen molar-refractivity contribution in [2.24, 2.45) is 4.99 Å². The van der Waals surface area contributed by atoms with Crippen LogP contribution in [0, 0.1) is 0 Å². The molecule has 1 amide bonds. The Bertz CT molecular complexity index is 855. The fourth-order valence-corrected chi connectivity index (χ4v) is 5.40. The summed E-state index contributed by atoms with van der Waals surface area (Å²) in [6.45, 7) is 4.76. The van der Waals surface area contributed by atoms with Gasteiger partial charge in [-0.25, -0.2) is 0 Å². The summed E-state index contributed by atoms with van der Waals surface area (Å²) in [5.74, 6) is -0.124. The van der Waals surface area contributed by atoms with Gasteiger partial charge in [0.05, 0.1) is 8.69 Å². The van der Waals surface area contributed by atoms with Crippen molar-refractivity contribution in [2.45, 2.75) is 6.54 Å². The van der Waals surface area contributed by atoms with Crippen molar-refractivity contribution in [3.63, 3.8) is 0 Å². The zero-order chi connectivity index (χ0) is 17.9. The van der Waals surface area contributed by atoms with Crippen molar-refractivity contribution < 1.29 is 4.79 Å². The molecule has 1 aromatic heterocycles. The third kappa shape index (κ3) is 4.28. The number of amides is 1. The van der Waals surface area contributed by atoms with Gasteiger partial charge in [-0.15, -0.1) is 11.3 Å². The number of nitrogens with zero attached hydrogens (tertiary/aromatic N) is 3. The fraction of sp³-hybridized carbons (Fsp3) is 0.263. The molecule has 0 N–H and O–H groups in total. The number of hydrogen-bond acceptors (Lipinski definition) is 5. The summed E-state index contributed by atoms with van der Waals surface area (Å²) < 4.78 is 1.07. The highest BCUT2D eigenvalue weighted by molar-refractivity contribution is 9.11. The highest BCUT2D eigenvalue weighted by Gasteiger charge is 2.28. The van der Waals surface area contributed by atoms with Gasteiger partial charge in [0.2, 0.25) is 0 Å². The minimum Gasteiger partial charge on any atom is -0.348 e. The van der Waals surface area contributed by atoms with Gasteiger partial charge in [0.1, 0.15) is 0 Å². The average Bonchev–Trinajstić information content (AvgIpc) is 3.23. The number of carbonyl (C=O) groups is 1. The summed E-state index contributed by atoms with van der Waals surface area (Å²) in [5, 5.41) is 0.844. The van der Waals surface area contributed by atoms with Crippen LogP contribution < -0.4 is 0 Å². The van der Waals surface area contributed by atoms with Crippen LogP contribution in [0.15, 0.2) is 56.1 Å². The minimum absolute atomic E-state index is 0.124. The molecule has 2 aliphatic rings. The van der Waals surface area contributed by atoms with E-state index in [0.29, 0.717) is 4.91 Å². The quantitative estimate of drug-likeness (QED) is 0.657. The summed E-state index contributed by atoms with van der Waals surface area (Å²) in [5.41, 5.74) is 1.34. The number of rotatable bonds is 3. The number of aliphatic imine (C=N–C) groups is 1. The molecule has 7 heteroatoms. The lowest BCUT2D eigenvalue weighted by Crippen LogP contribution is -2.47. The molecule has 2 aliphatic heterocycles. The maximum atomic E-state index is 12.2. The van der Waals surface area contributed by atoms with E-state index < -0.39 is 0 Å². The van der Waals surface area contributed by atoms with Crippen LogP contribution in [-0.4, -0.2) is 47.1 Å². The lowest BCUT2D eigenvalue weighted by molar-refractivity contribution is -0.113. The third-order valence-electron chi connectivity index (χ3n) is 4.37. The molecule has 2 aromatic rings. The van der Waals surface area contributed by atoms with Crippen LogP contribution in [0.5, 0.6) is 0 Å². The summed E-state index contributed by atoms with van der Waals surface area (Å²) in [7, 11) is 0. The zero-order valence-electron chi connectivity index (χ0n) is 14.1. The summed E-state index contributed by atoms with van der Waals surface area (Å²) in [6, 6.07) is 14.6. The largest absolute Gasteiger partial charge is 0.348 e. The van der Waals surface area contributed by atoms with Gasteiger partial charge in [0, 0.05) is 37.6 Å². The number of carbonyl (C=O) groups excluding carboxylic acids is 1. The van der Waals surface area contributed by atoms with Crippen LogP contribution in [0.2, 0.25) is 0 Å². The third-order valence-corrected chi connectivity index (χ3v) is 6.98. The molecule has 0 spiro atoms. The van der Waals surface area contributed by atoms with Gasteiger partial charge in [-0.2, -0.15) is 4.99 Å². The van der Waals surface area contributed by atoms with Crippen LogP contribution in [-0.2, 0) is 11.3 Å². The Hall–Kier alpha value is -1.41. The van der Waals surface area contributed by atoms with Gasteiger partial charge < -0.3 is 4.90 Å². The summed E-state index contributed by atoms with van der Waals surface area (Å²) >= 11 is 6.57. The highest BCUT2D eigenvalue weighted by atomic mass is 79.9. The molecular formula is C19H18BrN3OS2. The fourth-order valence-electron chi connectivity index (χ4n) is 3.01. The van der Waals surface area contributed by atoms with E-state index in [1.165, 1.54) is 17.3 Å². The molecule has 1 aromatic carbocycles. The summed E-state index contributed by atoms with van der Waals surface area (Å²) in [4.78, 5) is 23.0. The Morgan fingerprint density at radius 3 is 2.54 bits per heavy atom. The topological polar surface area (TPSA) is 35.9 Å². The molecule has 4 rings (SSSR count). The highest BCUT2D eigenvalue weighted by Crippen LogP contribution is 2.33. The predicted molar refractivity (Wildman–Crippen MR) is 113 cm³/mol. The van der Waals surface area contributed by atoms with Gasteiger partial charge in [0.25, 0.3) is 5.91 Å². The maximum Gasteiger partial charge on any atom is 0.286 e. The number of benzene rings is 1. The molecule has 0 bridgehead atoms. The van der Waals surface area contributed by atoms with Gasteiger partial charge in [-0.1, -0.05) is 30.3 Å². The Morgan fingerprint density at radius 1 is 1.08 bits per heavy atom. The number of amidine groups is 1. The number of halogens is 1. The van der Waals surface area contributed by atoms with Crippen molar-refractivity contribution in [1.82, 2.24) is 9.80 Å². The smallest absolute Gasteiger partial charge is 0.286 e. The van der Waals surface area contributed by atoms with Crippen LogP contribution >= 0.6 is 39.0 Å². The number of piperazine rings is 1. The van der Waals surface area contributed by atoms with E-state index in [1.54, 1.807) is 11.3 Å². The minimum atomic E-state index is -0.124. The van der Waals surface area contributed by atoms with E-state index in [1.807, 2.05) is 24.3 Å². The van der Waals surface area contributed by atoms with Gasteiger partial charge >= 0.3 is 0 Å². The van der Waals surface area contributed by atoms with Crippen LogP contribution in [0.25, 0.3) is 6.08 Å². The average molecular weight is 448 g/mol. The Balaban J connectivity index is 1.34. The number of hydrogen-bond donors (Lipinski definition) is 0. The standard InChI is InChI=1S/C19H18BrN3OS2/c20-17-7-6-15(25-17)12-16-18(24)21-19(26-16)23-10-8-22(9-11-23)13-14-4-2-1-3-5-14/h1-7,12H,8-11,13H2/b16-12+. The van der Waals surface area contributed by atoms with Gasteiger partial charge in [-0.05, 0) is 51.5 Å². The van der Waals surface area contributed by atoms with Crippen molar-refractivity contribution in [3.05, 3.63) is 61.6 Å². The molecule has 134 valence electrons. The second-order valence-corrected chi connectivity index (χ2v) is 9.70. The van der Waals surface area contributed by atoms with E-state index in [2.05, 4.69) is 55.0 Å². The first-order valence-corrected chi connectivity index (χ1v) is 10.9. The molecule has 0 unspecified atom stereocenters. The van der Waals surface area contributed by atoms with Gasteiger partial charge in [0.15, 0.2) is 5.17 Å². The van der Waals surface area contributed by atoms with Crippen molar-refractivity contribution in [2.75, 3.05) is 26.2 Å². The van der Waals surface area contributed by atoms with Crippen LogP contribution in [0.3, 0.4) is 0 Å². The Kier molecular flexibility index (Phi) is 5.59. The molecule has 1 saturated heterocycles. The monoisotopic (exact) mass is 447 g/mol. The lowest BCUT2D eigenvalue weighted by Gasteiger charge is -2.35. The van der Waals surface area contributed by atoms with Crippen LogP contribution in [0.1, 0.15) is 10.4 Å². The first-order valence-electron chi connectivity index (χ1n) is 8.46. The molecule has 0 atom stereocenters. The first kappa shape index (κ1) is 18.0. The van der Waals surface area contributed by atoms with E-state index in [4.69, 9.17) is 0 Å². The molecule has 26 heavy (non-hydrogen) atoms. The molecule has 3 heterocycles. The molecule has 0 radical (unpaired) electrons. The lowest BCUT2D eigenvalue weighted by atomic mass is 10.2. The second-order valence-electron chi connectivity index (χ2n) is 6.20. The zero-order valence-corrected chi connectivity index (χ0v) is 17.3. The van der Waals surface area contributed by atoms with Crippen molar-refractivity contribution >= 4 is 56.2 Å². The molecule has 0 aliphatic carbocycles. The van der Waals surface area contributed by atoms with E-state index in [-0.39, 0.29) is 5.91 Å². The molecular weight excluding hydrogens is 430 g/mol. The number of thioether (sulfide) groups is 1. The van der Waals surface area contributed by atoms with Gasteiger partial charge in [-0.3, -0.25) is 9.69 Å². The first-order chi connectivity index (χ1) is 12.7. The Labute approximate surface area is 169 Å². The molecule has 1 fully saturated rings. The van der Waals surface area contributed by atoms with Crippen LogP contribution in [0.4, 0.5) is 0 Å². The summed E-state index contributed by atoms with van der Waals surface area (Å²) in [6.07, 6.45) is 1.94. The van der Waals surface area contributed by atoms with E-state index >= 15 is 0 Å². The van der Waals surface area contributed by atoms with E-state index in [9.17, 15) is 4.79 Å². The second kappa shape index (κ2) is 8.08. The predicted octanol–water partition coefficient (Wildman–Crippen LogP) is 4.30. The van der Waals surface area contributed by atoms with E-state index in [0.717, 1.165) is 46.6 Å². The van der Waals surface area contributed by atoms with Crippen molar-refractivity contribution in [1.29, 1.82) is 0 Å². The molecule has 4 nitrogen and oxygen atoms in total. The molecule has 0 saturated carbocycles. The number of thiophene rings is 1. The SMILES string of the molecule is O=C1N=C(N2CCN(Cc3ccccc3)CC2)S/C1=C/c1ccc(Br)s1. The normalized spacial score (nSPS) is 20.0.